The molecular weight excluding hydrogens is 418 g/mol. The van der Waals surface area contributed by atoms with E-state index >= 15 is 0 Å². The molecule has 0 radical (unpaired) electrons. The highest BCUT2D eigenvalue weighted by Gasteiger charge is 2.13. The number of hydrogen-bond donors (Lipinski definition) is 1. The Bertz CT molecular complexity index is 1110. The second kappa shape index (κ2) is 8.55. The molecule has 1 heterocycles. The van der Waals surface area contributed by atoms with Crippen molar-refractivity contribution in [1.29, 1.82) is 0 Å². The lowest BCUT2D eigenvalue weighted by atomic mass is 10.3. The molecule has 1 N–H and O–H groups in total. The molecule has 28 heavy (non-hydrogen) atoms. The molecule has 148 valence electrons. The third-order valence-electron chi connectivity index (χ3n) is 4.02. The number of carbonyl (C=O) groups excluding carboxylic acids is 1. The van der Waals surface area contributed by atoms with Gasteiger partial charge in [-0.15, -0.1) is 0 Å². The largest absolute Gasteiger partial charge is 0.325 e. The fraction of sp³-hybridized carbons (Fsp3) is 0.263. The van der Waals surface area contributed by atoms with E-state index in [1.54, 1.807) is 12.1 Å². The van der Waals surface area contributed by atoms with Crippen LogP contribution >= 0.6 is 23.4 Å². The van der Waals surface area contributed by atoms with Crippen molar-refractivity contribution in [3.05, 3.63) is 47.5 Å². The van der Waals surface area contributed by atoms with Crippen molar-refractivity contribution in [2.45, 2.75) is 29.9 Å². The first-order valence-electron chi connectivity index (χ1n) is 8.66. The third kappa shape index (κ3) is 4.87. The molecular formula is C19H20ClN3O3S2. The molecule has 0 saturated heterocycles. The van der Waals surface area contributed by atoms with E-state index in [-0.39, 0.29) is 16.6 Å². The number of halogens is 1. The molecule has 0 aliphatic carbocycles. The number of benzene rings is 2. The number of anilines is 1. The van der Waals surface area contributed by atoms with E-state index in [0.717, 1.165) is 35.4 Å². The number of carbonyl (C=O) groups is 1. The van der Waals surface area contributed by atoms with Crippen molar-refractivity contribution in [3.63, 3.8) is 0 Å². The lowest BCUT2D eigenvalue weighted by Gasteiger charge is -2.08. The summed E-state index contributed by atoms with van der Waals surface area (Å²) in [5.74, 6) is -0.000507. The van der Waals surface area contributed by atoms with Crippen molar-refractivity contribution in [3.8, 4) is 0 Å². The summed E-state index contributed by atoms with van der Waals surface area (Å²) in [5, 5.41) is 4.16. The number of nitrogens with one attached hydrogen (secondary N) is 1. The lowest BCUT2D eigenvalue weighted by Crippen LogP contribution is -2.14. The number of nitrogens with zero attached hydrogens (tertiary/aromatic N) is 2. The maximum absolute atomic E-state index is 12.3. The quantitative estimate of drug-likeness (QED) is 0.559. The van der Waals surface area contributed by atoms with E-state index in [1.165, 1.54) is 23.9 Å². The standard InChI is InChI=1S/C19H20ClN3O3S2/c1-3-10-23-17-9-4-13(20)11-16(17)22-19(23)27-12-18(24)21-14-5-7-15(8-6-14)28(2,25)26/h4-9,11H,3,10,12H2,1-2H3,(H,21,24). The van der Waals surface area contributed by atoms with Gasteiger partial charge in [-0.05, 0) is 48.9 Å². The molecule has 0 unspecified atom stereocenters. The summed E-state index contributed by atoms with van der Waals surface area (Å²) >= 11 is 7.41. The molecule has 1 aromatic heterocycles. The Hall–Kier alpha value is -2.03. The molecule has 0 fully saturated rings. The van der Waals surface area contributed by atoms with E-state index < -0.39 is 9.84 Å². The minimum Gasteiger partial charge on any atom is -0.325 e. The smallest absolute Gasteiger partial charge is 0.234 e. The fourth-order valence-electron chi connectivity index (χ4n) is 2.74. The number of hydrogen-bond acceptors (Lipinski definition) is 5. The maximum Gasteiger partial charge on any atom is 0.234 e. The van der Waals surface area contributed by atoms with Crippen LogP contribution in [0, 0.1) is 0 Å². The monoisotopic (exact) mass is 437 g/mol. The first-order valence-corrected chi connectivity index (χ1v) is 11.9. The number of fused-ring (bicyclic) bond motifs is 1. The molecule has 0 aliphatic rings. The summed E-state index contributed by atoms with van der Waals surface area (Å²) < 4.78 is 25.1. The summed E-state index contributed by atoms with van der Waals surface area (Å²) in [6.45, 7) is 2.89. The number of rotatable bonds is 7. The van der Waals surface area contributed by atoms with Crippen LogP contribution in [0.4, 0.5) is 5.69 Å². The Balaban J connectivity index is 1.69. The highest BCUT2D eigenvalue weighted by atomic mass is 35.5. The average Bonchev–Trinajstić information content (AvgIpc) is 2.97. The molecule has 9 heteroatoms. The van der Waals surface area contributed by atoms with E-state index in [0.29, 0.717) is 10.7 Å². The summed E-state index contributed by atoms with van der Waals surface area (Å²) in [6, 6.07) is 11.7. The summed E-state index contributed by atoms with van der Waals surface area (Å²) in [6.07, 6.45) is 2.09. The Morgan fingerprint density at radius 3 is 2.57 bits per heavy atom. The molecule has 2 aromatic carbocycles. The van der Waals surface area contributed by atoms with Crippen molar-refractivity contribution >= 4 is 55.8 Å². The molecule has 1 amide bonds. The number of aromatic nitrogens is 2. The minimum atomic E-state index is -3.26. The van der Waals surface area contributed by atoms with Crippen LogP contribution in [0.3, 0.4) is 0 Å². The second-order valence-corrected chi connectivity index (χ2v) is 9.71. The maximum atomic E-state index is 12.3. The Kier molecular flexibility index (Phi) is 6.32. The van der Waals surface area contributed by atoms with Crippen molar-refractivity contribution in [2.75, 3.05) is 17.3 Å². The van der Waals surface area contributed by atoms with Crippen LogP contribution in [0.1, 0.15) is 13.3 Å². The Morgan fingerprint density at radius 2 is 1.93 bits per heavy atom. The zero-order valence-electron chi connectivity index (χ0n) is 15.5. The van der Waals surface area contributed by atoms with Gasteiger partial charge < -0.3 is 9.88 Å². The van der Waals surface area contributed by atoms with Crippen LogP contribution < -0.4 is 5.32 Å². The van der Waals surface area contributed by atoms with Gasteiger partial charge in [-0.1, -0.05) is 30.3 Å². The molecule has 0 atom stereocenters. The van der Waals surface area contributed by atoms with Crippen molar-refractivity contribution < 1.29 is 13.2 Å². The predicted octanol–water partition coefficient (Wildman–Crippen LogP) is 4.23. The Morgan fingerprint density at radius 1 is 1.21 bits per heavy atom. The highest BCUT2D eigenvalue weighted by Crippen LogP contribution is 2.27. The van der Waals surface area contributed by atoms with Crippen LogP contribution in [-0.4, -0.2) is 35.9 Å². The second-order valence-electron chi connectivity index (χ2n) is 6.31. The van der Waals surface area contributed by atoms with Gasteiger partial charge in [0.25, 0.3) is 0 Å². The normalized spacial score (nSPS) is 11.7. The molecule has 0 spiro atoms. The Labute approximate surface area is 173 Å². The van der Waals surface area contributed by atoms with E-state index in [1.807, 2.05) is 18.2 Å². The predicted molar refractivity (Wildman–Crippen MR) is 114 cm³/mol. The summed E-state index contributed by atoms with van der Waals surface area (Å²) in [4.78, 5) is 17.1. The van der Waals surface area contributed by atoms with Crippen LogP contribution in [0.15, 0.2) is 52.5 Å². The zero-order chi connectivity index (χ0) is 20.3. The molecule has 0 saturated carbocycles. The van der Waals surface area contributed by atoms with Crippen LogP contribution in [-0.2, 0) is 21.2 Å². The molecule has 6 nitrogen and oxygen atoms in total. The van der Waals surface area contributed by atoms with E-state index in [2.05, 4.69) is 21.8 Å². The number of amides is 1. The van der Waals surface area contributed by atoms with Gasteiger partial charge in [0, 0.05) is 23.5 Å². The van der Waals surface area contributed by atoms with Gasteiger partial charge in [-0.2, -0.15) is 0 Å². The average molecular weight is 438 g/mol. The zero-order valence-corrected chi connectivity index (χ0v) is 17.9. The van der Waals surface area contributed by atoms with Crippen molar-refractivity contribution in [1.82, 2.24) is 9.55 Å². The van der Waals surface area contributed by atoms with Crippen LogP contribution in [0.2, 0.25) is 5.02 Å². The van der Waals surface area contributed by atoms with Gasteiger partial charge >= 0.3 is 0 Å². The van der Waals surface area contributed by atoms with Gasteiger partial charge in [0.15, 0.2) is 15.0 Å². The first kappa shape index (κ1) is 20.7. The number of aryl methyl sites for hydroxylation is 1. The molecule has 3 aromatic rings. The van der Waals surface area contributed by atoms with Crippen molar-refractivity contribution in [2.24, 2.45) is 0 Å². The van der Waals surface area contributed by atoms with Gasteiger partial charge in [-0.25, -0.2) is 13.4 Å². The molecule has 0 bridgehead atoms. The van der Waals surface area contributed by atoms with Gasteiger partial charge in [-0.3, -0.25) is 4.79 Å². The van der Waals surface area contributed by atoms with Gasteiger partial charge in [0.05, 0.1) is 21.7 Å². The van der Waals surface area contributed by atoms with E-state index in [4.69, 9.17) is 11.6 Å². The summed E-state index contributed by atoms with van der Waals surface area (Å²) in [5.41, 5.74) is 2.34. The number of sulfone groups is 1. The third-order valence-corrected chi connectivity index (χ3v) is 6.36. The summed E-state index contributed by atoms with van der Waals surface area (Å²) in [7, 11) is -3.26. The minimum absolute atomic E-state index is 0.189. The first-order chi connectivity index (χ1) is 13.3. The highest BCUT2D eigenvalue weighted by molar-refractivity contribution is 7.99. The number of imidazole rings is 1. The molecule has 3 rings (SSSR count). The van der Waals surface area contributed by atoms with Gasteiger partial charge in [0.1, 0.15) is 0 Å². The van der Waals surface area contributed by atoms with Gasteiger partial charge in [0.2, 0.25) is 5.91 Å². The number of thioether (sulfide) groups is 1. The topological polar surface area (TPSA) is 81.1 Å². The SMILES string of the molecule is CCCn1c(SCC(=O)Nc2ccc(S(C)(=O)=O)cc2)nc2cc(Cl)ccc21. The van der Waals surface area contributed by atoms with E-state index in [9.17, 15) is 13.2 Å². The fourth-order valence-corrected chi connectivity index (χ4v) is 4.38. The molecule has 0 aliphatic heterocycles. The lowest BCUT2D eigenvalue weighted by molar-refractivity contribution is -0.113. The van der Waals surface area contributed by atoms with Crippen LogP contribution in [0.5, 0.6) is 0 Å². The van der Waals surface area contributed by atoms with Crippen LogP contribution in [0.25, 0.3) is 11.0 Å².